The summed E-state index contributed by atoms with van der Waals surface area (Å²) in [4.78, 5) is 35.3. The third kappa shape index (κ3) is 4.66. The second-order valence-electron chi connectivity index (χ2n) is 4.91. The van der Waals surface area contributed by atoms with Gasteiger partial charge in [-0.3, -0.25) is 14.4 Å². The molecule has 0 fully saturated rings. The predicted octanol–water partition coefficient (Wildman–Crippen LogP) is 2.21. The van der Waals surface area contributed by atoms with Crippen molar-refractivity contribution < 1.29 is 18.7 Å². The van der Waals surface area contributed by atoms with E-state index < -0.39 is 23.8 Å². The number of anilines is 1. The standard InChI is InChI=1S/C16H14ClFN2O4/c1-10(16(23)19-13-6-5-11(18)8-12(13)17)24-15(22)9-20-7-3-2-4-14(20)21/h2-8,10H,9H2,1H3,(H,19,23)/t10-/m0/s1. The Labute approximate surface area is 141 Å². The molecule has 2 aromatic rings. The summed E-state index contributed by atoms with van der Waals surface area (Å²) in [6.45, 7) is 1.06. The van der Waals surface area contributed by atoms with Crippen molar-refractivity contribution in [3.05, 3.63) is 63.8 Å². The highest BCUT2D eigenvalue weighted by atomic mass is 35.5. The van der Waals surface area contributed by atoms with Gasteiger partial charge in [-0.1, -0.05) is 17.7 Å². The molecule has 8 heteroatoms. The fourth-order valence-electron chi connectivity index (χ4n) is 1.84. The van der Waals surface area contributed by atoms with Crippen LogP contribution in [0, 0.1) is 5.82 Å². The zero-order chi connectivity index (χ0) is 17.7. The molecule has 2 rings (SSSR count). The molecule has 1 aromatic heterocycles. The first-order valence-electron chi connectivity index (χ1n) is 6.97. The number of amides is 1. The van der Waals surface area contributed by atoms with Crippen molar-refractivity contribution in [2.45, 2.75) is 19.6 Å². The van der Waals surface area contributed by atoms with Crippen molar-refractivity contribution in [3.8, 4) is 0 Å². The van der Waals surface area contributed by atoms with Crippen LogP contribution in [-0.4, -0.2) is 22.5 Å². The first-order valence-corrected chi connectivity index (χ1v) is 7.35. The van der Waals surface area contributed by atoms with E-state index in [-0.39, 0.29) is 22.8 Å². The van der Waals surface area contributed by atoms with Gasteiger partial charge in [0.05, 0.1) is 10.7 Å². The molecule has 0 radical (unpaired) electrons. The van der Waals surface area contributed by atoms with Crippen LogP contribution < -0.4 is 10.9 Å². The lowest BCUT2D eigenvalue weighted by atomic mass is 10.3. The average molecular weight is 353 g/mol. The van der Waals surface area contributed by atoms with Crippen LogP contribution in [0.2, 0.25) is 5.02 Å². The number of carbonyl (C=O) groups is 2. The quantitative estimate of drug-likeness (QED) is 0.837. The minimum atomic E-state index is -1.11. The molecule has 24 heavy (non-hydrogen) atoms. The number of ether oxygens (including phenoxy) is 1. The first-order chi connectivity index (χ1) is 11.4. The van der Waals surface area contributed by atoms with Crippen molar-refractivity contribution in [1.29, 1.82) is 0 Å². The van der Waals surface area contributed by atoms with Crippen molar-refractivity contribution >= 4 is 29.2 Å². The Bertz CT molecular complexity index is 822. The first kappa shape index (κ1) is 17.7. The summed E-state index contributed by atoms with van der Waals surface area (Å²) in [5.41, 5.74) is -0.158. The molecule has 0 saturated carbocycles. The summed E-state index contributed by atoms with van der Waals surface area (Å²) in [5, 5.41) is 2.46. The molecule has 1 amide bonds. The number of benzene rings is 1. The Morgan fingerprint density at radius 3 is 2.75 bits per heavy atom. The van der Waals surface area contributed by atoms with Crippen molar-refractivity contribution in [2.75, 3.05) is 5.32 Å². The molecule has 0 aliphatic carbocycles. The summed E-state index contributed by atoms with van der Waals surface area (Å²) in [5.74, 6) is -1.90. The van der Waals surface area contributed by atoms with E-state index in [1.165, 1.54) is 25.3 Å². The van der Waals surface area contributed by atoms with Gasteiger partial charge < -0.3 is 14.6 Å². The predicted molar refractivity (Wildman–Crippen MR) is 86.3 cm³/mol. The summed E-state index contributed by atoms with van der Waals surface area (Å²) < 4.78 is 19.1. The zero-order valence-corrected chi connectivity index (χ0v) is 13.4. The number of pyridine rings is 1. The SMILES string of the molecule is C[C@H](OC(=O)Cn1ccccc1=O)C(=O)Nc1ccc(F)cc1Cl. The molecule has 0 aliphatic rings. The average Bonchev–Trinajstić information content (AvgIpc) is 2.52. The Morgan fingerprint density at radius 2 is 2.08 bits per heavy atom. The summed E-state index contributed by atoms with van der Waals surface area (Å²) in [7, 11) is 0. The zero-order valence-electron chi connectivity index (χ0n) is 12.7. The van der Waals surface area contributed by atoms with Gasteiger partial charge in [-0.2, -0.15) is 0 Å². The summed E-state index contributed by atoms with van der Waals surface area (Å²) in [6, 6.07) is 7.94. The second-order valence-corrected chi connectivity index (χ2v) is 5.32. The minimum Gasteiger partial charge on any atom is -0.451 e. The Morgan fingerprint density at radius 1 is 1.33 bits per heavy atom. The normalized spacial score (nSPS) is 11.6. The molecule has 0 unspecified atom stereocenters. The molecular formula is C16H14ClFN2O4. The highest BCUT2D eigenvalue weighted by molar-refractivity contribution is 6.33. The van der Waals surface area contributed by atoms with Crippen LogP contribution in [0.15, 0.2) is 47.4 Å². The Kier molecular flexibility index (Phi) is 5.70. The van der Waals surface area contributed by atoms with Gasteiger partial charge in [0.15, 0.2) is 6.10 Å². The van der Waals surface area contributed by atoms with Crippen LogP contribution in [-0.2, 0) is 20.9 Å². The topological polar surface area (TPSA) is 77.4 Å². The van der Waals surface area contributed by atoms with Gasteiger partial charge in [-0.25, -0.2) is 4.39 Å². The fraction of sp³-hybridized carbons (Fsp3) is 0.188. The summed E-state index contributed by atoms with van der Waals surface area (Å²) >= 11 is 5.81. The van der Waals surface area contributed by atoms with E-state index in [4.69, 9.17) is 16.3 Å². The molecule has 6 nitrogen and oxygen atoms in total. The lowest BCUT2D eigenvalue weighted by Crippen LogP contribution is -2.32. The van der Waals surface area contributed by atoms with Crippen LogP contribution in [0.1, 0.15) is 6.92 Å². The third-order valence-corrected chi connectivity index (χ3v) is 3.38. The fourth-order valence-corrected chi connectivity index (χ4v) is 2.06. The summed E-state index contributed by atoms with van der Waals surface area (Å²) in [6.07, 6.45) is 0.324. The van der Waals surface area contributed by atoms with Gasteiger partial charge >= 0.3 is 5.97 Å². The van der Waals surface area contributed by atoms with Crippen LogP contribution in [0.25, 0.3) is 0 Å². The maximum Gasteiger partial charge on any atom is 0.326 e. The molecule has 126 valence electrons. The number of halogens is 2. The number of esters is 1. The number of carbonyl (C=O) groups excluding carboxylic acids is 2. The van der Waals surface area contributed by atoms with Gasteiger partial charge in [0.25, 0.3) is 11.5 Å². The molecule has 1 aromatic carbocycles. The largest absolute Gasteiger partial charge is 0.451 e. The molecule has 1 atom stereocenters. The van der Waals surface area contributed by atoms with E-state index in [0.717, 1.165) is 16.7 Å². The van der Waals surface area contributed by atoms with Crippen molar-refractivity contribution in [3.63, 3.8) is 0 Å². The molecule has 0 aliphatic heterocycles. The van der Waals surface area contributed by atoms with E-state index in [1.54, 1.807) is 12.1 Å². The molecular weight excluding hydrogens is 339 g/mol. The molecule has 1 heterocycles. The Balaban J connectivity index is 1.94. The number of nitrogens with one attached hydrogen (secondary N) is 1. The molecule has 0 saturated heterocycles. The van der Waals surface area contributed by atoms with Crippen molar-refractivity contribution in [2.24, 2.45) is 0 Å². The van der Waals surface area contributed by atoms with Crippen molar-refractivity contribution in [1.82, 2.24) is 4.57 Å². The van der Waals surface area contributed by atoms with E-state index in [2.05, 4.69) is 5.32 Å². The number of hydrogen-bond acceptors (Lipinski definition) is 4. The van der Waals surface area contributed by atoms with E-state index in [1.807, 2.05) is 0 Å². The third-order valence-electron chi connectivity index (χ3n) is 3.06. The second kappa shape index (κ2) is 7.74. The lowest BCUT2D eigenvalue weighted by molar-refractivity contribution is -0.153. The lowest BCUT2D eigenvalue weighted by Gasteiger charge is -2.14. The van der Waals surface area contributed by atoms with Gasteiger partial charge in [-0.15, -0.1) is 0 Å². The van der Waals surface area contributed by atoms with E-state index in [9.17, 15) is 18.8 Å². The number of rotatable bonds is 5. The maximum atomic E-state index is 13.0. The molecule has 1 N–H and O–H groups in total. The van der Waals surface area contributed by atoms with E-state index in [0.29, 0.717) is 0 Å². The highest BCUT2D eigenvalue weighted by Crippen LogP contribution is 2.22. The van der Waals surface area contributed by atoms with Crippen LogP contribution in [0.4, 0.5) is 10.1 Å². The van der Waals surface area contributed by atoms with Crippen LogP contribution in [0.3, 0.4) is 0 Å². The molecule has 0 bridgehead atoms. The monoisotopic (exact) mass is 352 g/mol. The maximum absolute atomic E-state index is 13.0. The number of nitrogens with zero attached hydrogens (tertiary/aromatic N) is 1. The van der Waals surface area contributed by atoms with Crippen LogP contribution >= 0.6 is 11.6 Å². The van der Waals surface area contributed by atoms with Gasteiger partial charge in [0.2, 0.25) is 0 Å². The van der Waals surface area contributed by atoms with Gasteiger partial charge in [0, 0.05) is 12.3 Å². The van der Waals surface area contributed by atoms with Crippen LogP contribution in [0.5, 0.6) is 0 Å². The number of hydrogen-bond donors (Lipinski definition) is 1. The number of aromatic nitrogens is 1. The van der Waals surface area contributed by atoms with Gasteiger partial charge in [0.1, 0.15) is 12.4 Å². The molecule has 0 spiro atoms. The highest BCUT2D eigenvalue weighted by Gasteiger charge is 2.19. The minimum absolute atomic E-state index is 0.0257. The van der Waals surface area contributed by atoms with Gasteiger partial charge in [-0.05, 0) is 31.2 Å². The Hall–Kier alpha value is -2.67. The van der Waals surface area contributed by atoms with E-state index >= 15 is 0 Å². The smallest absolute Gasteiger partial charge is 0.326 e.